The highest BCUT2D eigenvalue weighted by Crippen LogP contribution is 2.34. The lowest BCUT2D eigenvalue weighted by Crippen LogP contribution is -2.10. The SMILES string of the molecule is CC1CCC(=O)c2sccc21. The van der Waals surface area contributed by atoms with Crippen molar-refractivity contribution in [1.82, 2.24) is 0 Å². The van der Waals surface area contributed by atoms with Crippen LogP contribution in [-0.2, 0) is 0 Å². The van der Waals surface area contributed by atoms with Crippen LogP contribution in [0.15, 0.2) is 11.4 Å². The third kappa shape index (κ3) is 1.02. The maximum Gasteiger partial charge on any atom is 0.173 e. The topological polar surface area (TPSA) is 17.1 Å². The Morgan fingerprint density at radius 2 is 2.45 bits per heavy atom. The number of ketones is 1. The van der Waals surface area contributed by atoms with Crippen LogP contribution in [0.25, 0.3) is 0 Å². The molecule has 1 heterocycles. The standard InChI is InChI=1S/C9H10OS/c1-6-2-3-8(10)9-7(6)4-5-11-9/h4-6H,2-3H2,1H3. The monoisotopic (exact) mass is 166 g/mol. The van der Waals surface area contributed by atoms with Gasteiger partial charge in [-0.05, 0) is 29.3 Å². The van der Waals surface area contributed by atoms with Crippen LogP contribution in [-0.4, -0.2) is 5.78 Å². The van der Waals surface area contributed by atoms with Gasteiger partial charge in [-0.3, -0.25) is 4.79 Å². The molecule has 0 aromatic carbocycles. The van der Waals surface area contributed by atoms with Crippen molar-refractivity contribution in [2.45, 2.75) is 25.7 Å². The average Bonchev–Trinajstić information content (AvgIpc) is 2.45. The smallest absolute Gasteiger partial charge is 0.173 e. The zero-order valence-electron chi connectivity index (χ0n) is 6.46. The lowest BCUT2D eigenvalue weighted by Gasteiger charge is -2.16. The molecule has 1 aromatic rings. The first-order valence-corrected chi connectivity index (χ1v) is 4.77. The second-order valence-electron chi connectivity index (χ2n) is 3.07. The molecule has 0 bridgehead atoms. The average molecular weight is 166 g/mol. The Balaban J connectivity index is 2.51. The molecule has 1 aliphatic rings. The summed E-state index contributed by atoms with van der Waals surface area (Å²) < 4.78 is 0. The number of rotatable bonds is 0. The Morgan fingerprint density at radius 1 is 1.64 bits per heavy atom. The van der Waals surface area contributed by atoms with Gasteiger partial charge in [-0.2, -0.15) is 0 Å². The minimum absolute atomic E-state index is 0.341. The van der Waals surface area contributed by atoms with Gasteiger partial charge >= 0.3 is 0 Å². The first-order valence-electron chi connectivity index (χ1n) is 3.89. The van der Waals surface area contributed by atoms with Crippen molar-refractivity contribution in [2.75, 3.05) is 0 Å². The highest BCUT2D eigenvalue weighted by Gasteiger charge is 2.23. The summed E-state index contributed by atoms with van der Waals surface area (Å²) in [4.78, 5) is 12.3. The predicted molar refractivity (Wildman–Crippen MR) is 46.3 cm³/mol. The molecule has 1 atom stereocenters. The molecule has 2 rings (SSSR count). The molecule has 1 aromatic heterocycles. The zero-order valence-corrected chi connectivity index (χ0v) is 7.28. The van der Waals surface area contributed by atoms with Crippen molar-refractivity contribution in [3.05, 3.63) is 21.9 Å². The number of hydrogen-bond donors (Lipinski definition) is 0. The fraction of sp³-hybridized carbons (Fsp3) is 0.444. The van der Waals surface area contributed by atoms with Crippen LogP contribution in [0.5, 0.6) is 0 Å². The van der Waals surface area contributed by atoms with Crippen molar-refractivity contribution in [1.29, 1.82) is 0 Å². The van der Waals surface area contributed by atoms with Gasteiger partial charge in [0.2, 0.25) is 0 Å². The molecule has 1 aliphatic carbocycles. The summed E-state index contributed by atoms with van der Waals surface area (Å²) >= 11 is 1.59. The molecule has 0 amide bonds. The zero-order chi connectivity index (χ0) is 7.84. The first-order chi connectivity index (χ1) is 5.29. The lowest BCUT2D eigenvalue weighted by atomic mass is 9.89. The van der Waals surface area contributed by atoms with Gasteiger partial charge in [0.15, 0.2) is 5.78 Å². The summed E-state index contributed by atoms with van der Waals surface area (Å²) in [7, 11) is 0. The molecule has 0 saturated carbocycles. The van der Waals surface area contributed by atoms with E-state index in [0.29, 0.717) is 11.7 Å². The van der Waals surface area contributed by atoms with Crippen molar-refractivity contribution in [2.24, 2.45) is 0 Å². The van der Waals surface area contributed by atoms with Crippen LogP contribution >= 0.6 is 11.3 Å². The van der Waals surface area contributed by atoms with E-state index in [4.69, 9.17) is 0 Å². The van der Waals surface area contributed by atoms with Gasteiger partial charge in [0, 0.05) is 6.42 Å². The predicted octanol–water partition coefficient (Wildman–Crippen LogP) is 2.83. The fourth-order valence-electron chi connectivity index (χ4n) is 1.55. The summed E-state index contributed by atoms with van der Waals surface area (Å²) in [5.41, 5.74) is 1.27. The van der Waals surface area contributed by atoms with E-state index < -0.39 is 0 Å². The summed E-state index contributed by atoms with van der Waals surface area (Å²) in [6.45, 7) is 2.19. The largest absolute Gasteiger partial charge is 0.293 e. The van der Waals surface area contributed by atoms with E-state index in [0.717, 1.165) is 17.7 Å². The molecule has 1 unspecified atom stereocenters. The van der Waals surface area contributed by atoms with Gasteiger partial charge in [-0.25, -0.2) is 0 Å². The van der Waals surface area contributed by atoms with Gasteiger partial charge < -0.3 is 0 Å². The second kappa shape index (κ2) is 2.45. The van der Waals surface area contributed by atoms with Crippen molar-refractivity contribution in [3.8, 4) is 0 Å². The number of Topliss-reactive ketones (excluding diaryl/α,β-unsaturated/α-hetero) is 1. The van der Waals surface area contributed by atoms with Crippen LogP contribution in [0.1, 0.15) is 40.9 Å². The van der Waals surface area contributed by atoms with Gasteiger partial charge in [0.1, 0.15) is 0 Å². The molecule has 11 heavy (non-hydrogen) atoms. The Bertz CT molecular complexity index is 288. The van der Waals surface area contributed by atoms with Gasteiger partial charge in [-0.15, -0.1) is 11.3 Å². The molecule has 0 spiro atoms. The van der Waals surface area contributed by atoms with Gasteiger partial charge in [0.25, 0.3) is 0 Å². The highest BCUT2D eigenvalue weighted by atomic mass is 32.1. The van der Waals surface area contributed by atoms with Crippen molar-refractivity contribution in [3.63, 3.8) is 0 Å². The molecule has 0 radical (unpaired) electrons. The molecular formula is C9H10OS. The van der Waals surface area contributed by atoms with Crippen LogP contribution in [0.2, 0.25) is 0 Å². The number of carbonyl (C=O) groups excluding carboxylic acids is 1. The number of hydrogen-bond acceptors (Lipinski definition) is 2. The van der Waals surface area contributed by atoms with Crippen LogP contribution in [0, 0.1) is 0 Å². The molecule has 2 heteroatoms. The number of carbonyl (C=O) groups is 1. The molecule has 0 aliphatic heterocycles. The summed E-state index contributed by atoms with van der Waals surface area (Å²) in [5.74, 6) is 0.932. The minimum atomic E-state index is 0.341. The maximum absolute atomic E-state index is 11.3. The fourth-order valence-corrected chi connectivity index (χ4v) is 2.54. The first kappa shape index (κ1) is 7.04. The highest BCUT2D eigenvalue weighted by molar-refractivity contribution is 7.12. The van der Waals surface area contributed by atoms with E-state index in [1.54, 1.807) is 11.3 Å². The van der Waals surface area contributed by atoms with E-state index >= 15 is 0 Å². The maximum atomic E-state index is 11.3. The lowest BCUT2D eigenvalue weighted by molar-refractivity contribution is 0.0972. The van der Waals surface area contributed by atoms with Gasteiger partial charge in [0.05, 0.1) is 4.88 Å². The number of thiophene rings is 1. The van der Waals surface area contributed by atoms with E-state index in [2.05, 4.69) is 13.0 Å². The molecule has 1 nitrogen and oxygen atoms in total. The molecule has 58 valence electrons. The quantitative estimate of drug-likeness (QED) is 0.579. The Labute approximate surface area is 70.1 Å². The normalized spacial score (nSPS) is 23.4. The van der Waals surface area contributed by atoms with E-state index in [1.165, 1.54) is 5.56 Å². The van der Waals surface area contributed by atoms with Crippen LogP contribution < -0.4 is 0 Å². The van der Waals surface area contributed by atoms with E-state index in [9.17, 15) is 4.79 Å². The molecule has 0 N–H and O–H groups in total. The second-order valence-corrected chi connectivity index (χ2v) is 3.98. The third-order valence-electron chi connectivity index (χ3n) is 2.28. The Hall–Kier alpha value is -0.630. The van der Waals surface area contributed by atoms with Crippen molar-refractivity contribution >= 4 is 17.1 Å². The summed E-state index contributed by atoms with van der Waals surface area (Å²) in [5, 5.41) is 2.02. The van der Waals surface area contributed by atoms with E-state index in [1.807, 2.05) is 5.38 Å². The van der Waals surface area contributed by atoms with E-state index in [-0.39, 0.29) is 0 Å². The Morgan fingerprint density at radius 3 is 3.18 bits per heavy atom. The van der Waals surface area contributed by atoms with Crippen molar-refractivity contribution < 1.29 is 4.79 Å². The molecule has 0 saturated heterocycles. The van der Waals surface area contributed by atoms with Gasteiger partial charge in [-0.1, -0.05) is 6.92 Å². The third-order valence-corrected chi connectivity index (χ3v) is 3.26. The molecular weight excluding hydrogens is 156 g/mol. The molecule has 0 fully saturated rings. The summed E-state index contributed by atoms with van der Waals surface area (Å²) in [6, 6.07) is 2.09. The summed E-state index contributed by atoms with van der Waals surface area (Å²) in [6.07, 6.45) is 1.78. The minimum Gasteiger partial charge on any atom is -0.293 e. The number of fused-ring (bicyclic) bond motifs is 1. The van der Waals surface area contributed by atoms with Crippen LogP contribution in [0.4, 0.5) is 0 Å². The Kier molecular flexibility index (Phi) is 1.57. The van der Waals surface area contributed by atoms with Crippen LogP contribution in [0.3, 0.4) is 0 Å².